The Hall–Kier alpha value is -1.37. The summed E-state index contributed by atoms with van der Waals surface area (Å²) in [7, 11) is -3.63. The van der Waals surface area contributed by atoms with E-state index in [0.717, 1.165) is 10.0 Å². The second-order valence-corrected chi connectivity index (χ2v) is 6.89. The summed E-state index contributed by atoms with van der Waals surface area (Å²) in [4.78, 5) is 0.211. The van der Waals surface area contributed by atoms with Gasteiger partial charge in [0.1, 0.15) is 0 Å². The third-order valence-electron chi connectivity index (χ3n) is 2.89. The van der Waals surface area contributed by atoms with Gasteiger partial charge in [-0.25, -0.2) is 8.42 Å². The van der Waals surface area contributed by atoms with Crippen molar-refractivity contribution in [2.75, 3.05) is 4.72 Å². The molecule has 0 radical (unpaired) electrons. The van der Waals surface area contributed by atoms with Crippen LogP contribution in [0.1, 0.15) is 11.1 Å². The number of hydrogen-bond donors (Lipinski definition) is 2. The number of aryl methyl sites for hydroxylation is 1. The van der Waals surface area contributed by atoms with Crippen LogP contribution in [-0.4, -0.2) is 8.42 Å². The summed E-state index contributed by atoms with van der Waals surface area (Å²) < 4.78 is 28.3. The van der Waals surface area contributed by atoms with Gasteiger partial charge in [-0.05, 0) is 42.3 Å². The Balaban J connectivity index is 2.38. The smallest absolute Gasteiger partial charge is 0.262 e. The molecule has 0 aliphatic carbocycles. The van der Waals surface area contributed by atoms with Crippen LogP contribution >= 0.6 is 15.9 Å². The van der Waals surface area contributed by atoms with Gasteiger partial charge in [0.15, 0.2) is 0 Å². The fraction of sp³-hybridized carbons (Fsp3) is 0.143. The summed E-state index contributed by atoms with van der Waals surface area (Å²) >= 11 is 3.38. The SMILES string of the molecule is Cc1cc(NS(=O)(=O)c2ccccc2CN)ccc1Br. The van der Waals surface area contributed by atoms with Crippen molar-refractivity contribution < 1.29 is 8.42 Å². The van der Waals surface area contributed by atoms with E-state index in [1.54, 1.807) is 36.4 Å². The molecule has 0 spiro atoms. The number of halogens is 1. The van der Waals surface area contributed by atoms with E-state index in [2.05, 4.69) is 20.7 Å². The largest absolute Gasteiger partial charge is 0.326 e. The van der Waals surface area contributed by atoms with E-state index in [4.69, 9.17) is 5.73 Å². The molecule has 0 atom stereocenters. The molecule has 0 fully saturated rings. The average Bonchev–Trinajstić information content (AvgIpc) is 2.42. The van der Waals surface area contributed by atoms with Gasteiger partial charge in [0.05, 0.1) is 4.90 Å². The highest BCUT2D eigenvalue weighted by atomic mass is 79.9. The number of nitrogens with two attached hydrogens (primary N) is 1. The van der Waals surface area contributed by atoms with Gasteiger partial charge in [0.2, 0.25) is 0 Å². The highest BCUT2D eigenvalue weighted by Crippen LogP contribution is 2.23. The molecule has 106 valence electrons. The van der Waals surface area contributed by atoms with Crippen molar-refractivity contribution in [3.8, 4) is 0 Å². The molecule has 0 aliphatic heterocycles. The van der Waals surface area contributed by atoms with Gasteiger partial charge in [-0.3, -0.25) is 4.72 Å². The lowest BCUT2D eigenvalue weighted by Crippen LogP contribution is -2.16. The quantitative estimate of drug-likeness (QED) is 0.886. The first-order chi connectivity index (χ1) is 9.44. The summed E-state index contributed by atoms with van der Waals surface area (Å²) in [6, 6.07) is 12.0. The van der Waals surface area contributed by atoms with Crippen LogP contribution in [0.25, 0.3) is 0 Å². The van der Waals surface area contributed by atoms with Crippen LogP contribution in [0.2, 0.25) is 0 Å². The highest BCUT2D eigenvalue weighted by molar-refractivity contribution is 9.10. The van der Waals surface area contributed by atoms with Gasteiger partial charge in [-0.15, -0.1) is 0 Å². The maximum absolute atomic E-state index is 12.4. The lowest BCUT2D eigenvalue weighted by molar-refractivity contribution is 0.600. The van der Waals surface area contributed by atoms with Gasteiger partial charge < -0.3 is 5.73 Å². The van der Waals surface area contributed by atoms with E-state index < -0.39 is 10.0 Å². The predicted molar refractivity (Wildman–Crippen MR) is 84.0 cm³/mol. The van der Waals surface area contributed by atoms with Crippen molar-refractivity contribution in [2.24, 2.45) is 5.73 Å². The van der Waals surface area contributed by atoms with Crippen molar-refractivity contribution in [1.82, 2.24) is 0 Å². The molecule has 20 heavy (non-hydrogen) atoms. The molecule has 0 bridgehead atoms. The Labute approximate surface area is 127 Å². The van der Waals surface area contributed by atoms with Gasteiger partial charge in [0, 0.05) is 16.7 Å². The molecule has 2 aromatic carbocycles. The minimum absolute atomic E-state index is 0.177. The fourth-order valence-electron chi connectivity index (χ4n) is 1.85. The standard InChI is InChI=1S/C14H15BrN2O2S/c1-10-8-12(6-7-13(10)15)17-20(18,19)14-5-3-2-4-11(14)9-16/h2-8,17H,9,16H2,1H3. The third-order valence-corrected chi connectivity index (χ3v) is 5.26. The first kappa shape index (κ1) is 15.0. The van der Waals surface area contributed by atoms with Crippen LogP contribution in [0.4, 0.5) is 5.69 Å². The van der Waals surface area contributed by atoms with Crippen molar-refractivity contribution in [3.05, 3.63) is 58.1 Å². The molecule has 0 aliphatic rings. The maximum Gasteiger partial charge on any atom is 0.262 e. The van der Waals surface area contributed by atoms with Crippen molar-refractivity contribution >= 4 is 31.6 Å². The number of hydrogen-bond acceptors (Lipinski definition) is 3. The summed E-state index contributed by atoms with van der Waals surface area (Å²) in [6.07, 6.45) is 0. The van der Waals surface area contributed by atoms with Gasteiger partial charge in [-0.1, -0.05) is 34.1 Å². The van der Waals surface area contributed by atoms with Crippen LogP contribution < -0.4 is 10.5 Å². The summed E-state index contributed by atoms with van der Waals surface area (Å²) in [5, 5.41) is 0. The lowest BCUT2D eigenvalue weighted by atomic mass is 10.2. The first-order valence-electron chi connectivity index (χ1n) is 6.01. The van der Waals surface area contributed by atoms with E-state index >= 15 is 0 Å². The van der Waals surface area contributed by atoms with Gasteiger partial charge >= 0.3 is 0 Å². The number of anilines is 1. The van der Waals surface area contributed by atoms with Crippen LogP contribution in [0, 0.1) is 6.92 Å². The van der Waals surface area contributed by atoms with Gasteiger partial charge in [0.25, 0.3) is 10.0 Å². The predicted octanol–water partition coefficient (Wildman–Crippen LogP) is 3.02. The minimum atomic E-state index is -3.63. The second kappa shape index (κ2) is 5.95. The fourth-order valence-corrected chi connectivity index (χ4v) is 3.40. The summed E-state index contributed by atoms with van der Waals surface area (Å²) in [6.45, 7) is 2.08. The molecule has 0 heterocycles. The Bertz CT molecular complexity index is 730. The van der Waals surface area contributed by atoms with E-state index in [0.29, 0.717) is 11.3 Å². The number of sulfonamides is 1. The maximum atomic E-state index is 12.4. The Morgan fingerprint density at radius 1 is 1.20 bits per heavy atom. The van der Waals surface area contributed by atoms with E-state index in [1.165, 1.54) is 0 Å². The molecule has 2 aromatic rings. The molecular formula is C14H15BrN2O2S. The average molecular weight is 355 g/mol. The Morgan fingerprint density at radius 3 is 2.55 bits per heavy atom. The van der Waals surface area contributed by atoms with E-state index in [-0.39, 0.29) is 11.4 Å². The van der Waals surface area contributed by atoms with E-state index in [1.807, 2.05) is 13.0 Å². The van der Waals surface area contributed by atoms with Crippen molar-refractivity contribution in [1.29, 1.82) is 0 Å². The minimum Gasteiger partial charge on any atom is -0.326 e. The second-order valence-electron chi connectivity index (χ2n) is 4.38. The lowest BCUT2D eigenvalue weighted by Gasteiger charge is -2.12. The normalized spacial score (nSPS) is 11.3. The van der Waals surface area contributed by atoms with Crippen molar-refractivity contribution in [2.45, 2.75) is 18.4 Å². The molecule has 0 saturated carbocycles. The zero-order valence-corrected chi connectivity index (χ0v) is 13.3. The molecule has 0 amide bonds. The summed E-state index contributed by atoms with van der Waals surface area (Å²) in [5.74, 6) is 0. The topological polar surface area (TPSA) is 72.2 Å². The Morgan fingerprint density at radius 2 is 1.90 bits per heavy atom. The van der Waals surface area contributed by atoms with Crippen LogP contribution in [0.15, 0.2) is 51.8 Å². The molecule has 2 rings (SSSR count). The molecule has 0 aromatic heterocycles. The van der Waals surface area contributed by atoms with Crippen molar-refractivity contribution in [3.63, 3.8) is 0 Å². The first-order valence-corrected chi connectivity index (χ1v) is 8.28. The van der Waals surface area contributed by atoms with E-state index in [9.17, 15) is 8.42 Å². The number of nitrogens with one attached hydrogen (secondary N) is 1. The summed E-state index contributed by atoms with van der Waals surface area (Å²) in [5.41, 5.74) is 7.66. The highest BCUT2D eigenvalue weighted by Gasteiger charge is 2.17. The zero-order valence-electron chi connectivity index (χ0n) is 10.9. The zero-order chi connectivity index (χ0) is 14.8. The molecule has 6 heteroatoms. The van der Waals surface area contributed by atoms with Crippen LogP contribution in [-0.2, 0) is 16.6 Å². The van der Waals surface area contributed by atoms with Gasteiger partial charge in [-0.2, -0.15) is 0 Å². The van der Waals surface area contributed by atoms with Crippen LogP contribution in [0.3, 0.4) is 0 Å². The number of rotatable bonds is 4. The molecular weight excluding hydrogens is 340 g/mol. The molecule has 0 saturated heterocycles. The Kier molecular flexibility index (Phi) is 4.47. The molecule has 4 nitrogen and oxygen atoms in total. The molecule has 3 N–H and O–H groups in total. The molecule has 0 unspecified atom stereocenters. The third kappa shape index (κ3) is 3.20. The monoisotopic (exact) mass is 354 g/mol. The van der Waals surface area contributed by atoms with Crippen LogP contribution in [0.5, 0.6) is 0 Å². The number of benzene rings is 2.